The molecule has 3 N–H and O–H groups in total. The molecule has 304 valence electrons. The maximum absolute atomic E-state index is 14.3. The second kappa shape index (κ2) is 18.2. The highest BCUT2D eigenvalue weighted by Crippen LogP contribution is 2.44. The van der Waals surface area contributed by atoms with Crippen LogP contribution in [0.4, 0.5) is 0 Å². The second-order valence-electron chi connectivity index (χ2n) is 15.6. The molecule has 0 unspecified atom stereocenters. The Hall–Kier alpha value is -4.79. The second-order valence-corrected chi connectivity index (χ2v) is 16.3. The van der Waals surface area contributed by atoms with E-state index >= 15 is 0 Å². The van der Waals surface area contributed by atoms with Crippen LogP contribution in [0.1, 0.15) is 130 Å². The Morgan fingerprint density at radius 2 is 1.56 bits per heavy atom. The zero-order chi connectivity index (χ0) is 41.8. The number of rotatable bonds is 12. The Bertz CT molecular complexity index is 2310. The summed E-state index contributed by atoms with van der Waals surface area (Å²) in [5.74, 6) is -2.08. The molecule has 1 amide bonds. The molecule has 0 aromatic carbocycles. The van der Waals surface area contributed by atoms with Crippen molar-refractivity contribution in [3.8, 4) is 0 Å². The fourth-order valence-corrected chi connectivity index (χ4v) is 8.03. The molecular formula is C44H54IN5O7. The van der Waals surface area contributed by atoms with Gasteiger partial charge in [0.05, 0.1) is 49.7 Å². The van der Waals surface area contributed by atoms with Crippen molar-refractivity contribution in [2.75, 3.05) is 20.8 Å². The van der Waals surface area contributed by atoms with E-state index in [9.17, 15) is 19.2 Å². The van der Waals surface area contributed by atoms with Gasteiger partial charge in [-0.3, -0.25) is 24.2 Å². The molecule has 0 radical (unpaired) electrons. The molecule has 12 nitrogen and oxygen atoms in total. The summed E-state index contributed by atoms with van der Waals surface area (Å²) in [6, 6.07) is 6.14. The number of fused-ring (bicyclic) bond motifs is 8. The predicted molar refractivity (Wildman–Crippen MR) is 232 cm³/mol. The highest BCUT2D eigenvalue weighted by molar-refractivity contribution is 14.1. The van der Waals surface area contributed by atoms with E-state index in [4.69, 9.17) is 24.2 Å². The molecule has 0 saturated carbocycles. The van der Waals surface area contributed by atoms with Crippen molar-refractivity contribution in [2.24, 2.45) is 0 Å². The summed E-state index contributed by atoms with van der Waals surface area (Å²) in [4.78, 5) is 70.2. The fraction of sp³-hybridized carbons (Fsp3) is 0.455. The van der Waals surface area contributed by atoms with Gasteiger partial charge < -0.3 is 29.5 Å². The van der Waals surface area contributed by atoms with E-state index in [2.05, 4.69) is 83.8 Å². The Morgan fingerprint density at radius 1 is 0.877 bits per heavy atom. The maximum atomic E-state index is 14.3. The van der Waals surface area contributed by atoms with E-state index in [1.807, 2.05) is 17.1 Å². The van der Waals surface area contributed by atoms with Gasteiger partial charge in [-0.2, -0.15) is 0 Å². The summed E-state index contributed by atoms with van der Waals surface area (Å²) in [7, 11) is 2.70. The van der Waals surface area contributed by atoms with E-state index in [1.54, 1.807) is 20.8 Å². The minimum Gasteiger partial charge on any atom is -0.469 e. The third-order valence-electron chi connectivity index (χ3n) is 10.7. The third kappa shape index (κ3) is 9.68. The van der Waals surface area contributed by atoms with E-state index in [0.29, 0.717) is 41.1 Å². The largest absolute Gasteiger partial charge is 0.469 e. The summed E-state index contributed by atoms with van der Waals surface area (Å²) in [5.41, 5.74) is 10.9. The number of carbonyl (C=O) groups is 4. The van der Waals surface area contributed by atoms with Crippen LogP contribution in [0.2, 0.25) is 0 Å². The predicted octanol–water partition coefficient (Wildman–Crippen LogP) is 8.62. The number of esters is 3. The molecule has 2 aliphatic rings. The van der Waals surface area contributed by atoms with Crippen molar-refractivity contribution in [3.63, 3.8) is 0 Å². The number of ether oxygens (including phenoxy) is 3. The number of nitrogens with one attached hydrogen (secondary N) is 3. The number of aromatic amines is 2. The van der Waals surface area contributed by atoms with Gasteiger partial charge >= 0.3 is 17.9 Å². The van der Waals surface area contributed by atoms with E-state index in [-0.39, 0.29) is 49.2 Å². The van der Waals surface area contributed by atoms with E-state index < -0.39 is 23.4 Å². The summed E-state index contributed by atoms with van der Waals surface area (Å²) < 4.78 is 17.6. The van der Waals surface area contributed by atoms with Gasteiger partial charge in [-0.25, -0.2) is 4.98 Å². The molecule has 3 aromatic rings. The number of hydrogen-bond donors (Lipinski definition) is 3. The number of H-pyrrole nitrogens is 2. The van der Waals surface area contributed by atoms with E-state index in [1.165, 1.54) is 14.2 Å². The van der Waals surface area contributed by atoms with Crippen LogP contribution in [0, 0.1) is 13.8 Å². The van der Waals surface area contributed by atoms with Gasteiger partial charge in [0.1, 0.15) is 5.60 Å². The van der Waals surface area contributed by atoms with Crippen LogP contribution < -0.4 is 5.32 Å². The summed E-state index contributed by atoms with van der Waals surface area (Å²) >= 11 is 2.24. The van der Waals surface area contributed by atoms with Gasteiger partial charge in [0, 0.05) is 63.7 Å². The van der Waals surface area contributed by atoms with Crippen LogP contribution in [0.3, 0.4) is 0 Å². The van der Waals surface area contributed by atoms with Crippen molar-refractivity contribution < 1.29 is 33.4 Å². The number of hydrogen-bond acceptors (Lipinski definition) is 9. The minimum absolute atomic E-state index is 0.0279. The van der Waals surface area contributed by atoms with Gasteiger partial charge in [-0.15, -0.1) is 0 Å². The molecule has 2 atom stereocenters. The normalized spacial score (nSPS) is 15.6. The van der Waals surface area contributed by atoms with Crippen LogP contribution >= 0.6 is 22.6 Å². The van der Waals surface area contributed by atoms with Gasteiger partial charge in [0.15, 0.2) is 0 Å². The maximum Gasteiger partial charge on any atom is 0.310 e. The van der Waals surface area contributed by atoms with Crippen LogP contribution in [-0.4, -0.2) is 70.1 Å². The van der Waals surface area contributed by atoms with Crippen LogP contribution in [0.15, 0.2) is 22.3 Å². The Morgan fingerprint density at radius 3 is 2.21 bits per heavy atom. The lowest BCUT2D eigenvalue weighted by Gasteiger charge is -2.20. The molecule has 8 bridgehead atoms. The summed E-state index contributed by atoms with van der Waals surface area (Å²) in [6.45, 7) is 15.6. The highest BCUT2D eigenvalue weighted by Gasteiger charge is 2.35. The zero-order valence-electron chi connectivity index (χ0n) is 34.6. The van der Waals surface area contributed by atoms with Crippen molar-refractivity contribution >= 4 is 85.7 Å². The highest BCUT2D eigenvalue weighted by atomic mass is 127. The van der Waals surface area contributed by atoms with Gasteiger partial charge in [-0.1, -0.05) is 36.4 Å². The Balaban J connectivity index is 1.87. The minimum atomic E-state index is -0.663. The summed E-state index contributed by atoms with van der Waals surface area (Å²) in [6.07, 6.45) is 3.90. The molecule has 13 heteroatoms. The molecule has 2 aliphatic heterocycles. The van der Waals surface area contributed by atoms with Gasteiger partial charge in [-0.05, 0) is 111 Å². The Kier molecular flexibility index (Phi) is 13.8. The first-order valence-corrected chi connectivity index (χ1v) is 20.6. The molecule has 0 fully saturated rings. The summed E-state index contributed by atoms with van der Waals surface area (Å²) in [5, 5.41) is 2.92. The number of allylic oxidation sites excluding steroid dienone is 1. The number of aryl methyl sites for hydroxylation is 3. The molecule has 5 heterocycles. The van der Waals surface area contributed by atoms with Crippen molar-refractivity contribution in [2.45, 2.75) is 111 Å². The lowest BCUT2D eigenvalue weighted by atomic mass is 9.84. The van der Waals surface area contributed by atoms with Crippen LogP contribution in [0.5, 0.6) is 0 Å². The first-order chi connectivity index (χ1) is 27.0. The number of halogens is 1. The molecule has 5 rings (SSSR count). The van der Waals surface area contributed by atoms with Crippen LogP contribution in [-0.2, 0) is 46.2 Å². The van der Waals surface area contributed by atoms with Gasteiger partial charge in [0.25, 0.3) is 5.91 Å². The topological polar surface area (TPSA) is 165 Å². The number of nitrogens with zero attached hydrogens (tertiary/aromatic N) is 2. The molecule has 57 heavy (non-hydrogen) atoms. The van der Waals surface area contributed by atoms with Crippen molar-refractivity contribution in [1.29, 1.82) is 0 Å². The first-order valence-electron chi connectivity index (χ1n) is 19.4. The fourth-order valence-electron chi connectivity index (χ4n) is 7.67. The standard InChI is InChI=1S/C44H54IN5O7/c1-11-27-23(2)32-21-36-28(15-17-45)24(3)31(48-36)20-33-25(4)29(13-12-14-37(51)55-9)41(49-33)30(19-39(53)56-10)42-40(26(5)34(50-42)22-35(27)47-32)43(54)46-18-16-38(52)57-44(6,7)8/h15,17,20-22,25,29,47-48H,11-14,16,18-19H2,1-10H3,(H,46,54)/b17-15+,31-20?,32-21?,33-20?,34-22?,35-22?,36-21?,41-30?,42-30?/t25-,29-/m0/s1. The molecule has 3 aromatic heterocycles. The lowest BCUT2D eigenvalue weighted by molar-refractivity contribution is -0.154. The number of methoxy groups -OCH3 is 2. The van der Waals surface area contributed by atoms with Crippen LogP contribution in [0.25, 0.3) is 39.3 Å². The average molecular weight is 892 g/mol. The zero-order valence-corrected chi connectivity index (χ0v) is 36.8. The smallest absolute Gasteiger partial charge is 0.310 e. The van der Waals surface area contributed by atoms with Crippen molar-refractivity contribution in [1.82, 2.24) is 25.3 Å². The number of carbonyl (C=O) groups excluding carboxylic acids is 4. The number of amides is 1. The SMILES string of the molecule is CCc1c(C)c2cc3[nH]c(cc4nc(c(CC(=O)OC)c5nc(cc1[nH]2)C(C)=C5C(=O)NCCC(=O)OC(C)(C)C)[C@@H](CCCC(=O)OC)[C@@H]4C)c(C)c3/C=C/I. The monoisotopic (exact) mass is 891 g/mol. The van der Waals surface area contributed by atoms with Crippen molar-refractivity contribution in [3.05, 3.63) is 72.9 Å². The van der Waals surface area contributed by atoms with Gasteiger partial charge in [0.2, 0.25) is 0 Å². The quantitative estimate of drug-likeness (QED) is 0.0917. The molecule has 0 saturated heterocycles. The number of aromatic nitrogens is 4. The first kappa shape index (κ1) is 43.3. The Labute approximate surface area is 347 Å². The molecular weight excluding hydrogens is 837 g/mol. The third-order valence-corrected chi connectivity index (χ3v) is 11.1. The van der Waals surface area contributed by atoms with E-state index in [0.717, 1.165) is 56.4 Å². The average Bonchev–Trinajstić information content (AvgIpc) is 3.83. The lowest BCUT2D eigenvalue weighted by Crippen LogP contribution is -2.30. The molecule has 0 spiro atoms. The molecule has 0 aliphatic carbocycles.